The minimum absolute atomic E-state index is 0.216. The van der Waals surface area contributed by atoms with E-state index >= 15 is 0 Å². The highest BCUT2D eigenvalue weighted by molar-refractivity contribution is 5.98. The Balaban J connectivity index is 2.58. The quantitative estimate of drug-likeness (QED) is 0.415. The summed E-state index contributed by atoms with van der Waals surface area (Å²) in [5.74, 6) is -4.70. The van der Waals surface area contributed by atoms with Crippen LogP contribution in [0.4, 0.5) is 0 Å². The van der Waals surface area contributed by atoms with Gasteiger partial charge in [0, 0.05) is 30.3 Å². The number of nitrogens with one attached hydrogen (secondary N) is 2. The zero-order chi connectivity index (χ0) is 20.6. The third-order valence-corrected chi connectivity index (χ3v) is 3.75. The van der Waals surface area contributed by atoms with Crippen LogP contribution in [0.3, 0.4) is 0 Å². The van der Waals surface area contributed by atoms with Gasteiger partial charge < -0.3 is 21.5 Å². The number of hydrogen-bond donors (Lipinski definition) is 4. The van der Waals surface area contributed by atoms with E-state index in [0.29, 0.717) is 5.56 Å². The third kappa shape index (κ3) is 7.22. The molecule has 0 aliphatic carbocycles. The smallest absolute Gasteiger partial charge is 0.326 e. The lowest BCUT2D eigenvalue weighted by atomic mass is 9.99. The molecule has 0 aliphatic rings. The lowest BCUT2D eigenvalue weighted by molar-refractivity contribution is -0.144. The first-order valence-electron chi connectivity index (χ1n) is 8.16. The molecular formula is C17H22N4O6. The van der Waals surface area contributed by atoms with E-state index in [0.717, 1.165) is 0 Å². The molecule has 27 heavy (non-hydrogen) atoms. The number of aromatic nitrogens is 1. The van der Waals surface area contributed by atoms with Gasteiger partial charge >= 0.3 is 5.97 Å². The number of rotatable bonds is 10. The summed E-state index contributed by atoms with van der Waals surface area (Å²) in [6.45, 7) is 2.92. The van der Waals surface area contributed by atoms with Gasteiger partial charge in [-0.05, 0) is 19.1 Å². The van der Waals surface area contributed by atoms with Crippen LogP contribution in [-0.4, -0.2) is 51.6 Å². The second-order valence-corrected chi connectivity index (χ2v) is 6.07. The zero-order valence-corrected chi connectivity index (χ0v) is 15.0. The van der Waals surface area contributed by atoms with Gasteiger partial charge in [0.1, 0.15) is 6.04 Å². The first-order valence-corrected chi connectivity index (χ1v) is 8.16. The predicted molar refractivity (Wildman–Crippen MR) is 93.3 cm³/mol. The summed E-state index contributed by atoms with van der Waals surface area (Å²) in [4.78, 5) is 62.0. The van der Waals surface area contributed by atoms with Crippen molar-refractivity contribution in [3.8, 4) is 0 Å². The van der Waals surface area contributed by atoms with E-state index in [2.05, 4.69) is 15.6 Å². The van der Waals surface area contributed by atoms with Crippen molar-refractivity contribution in [2.45, 2.75) is 38.8 Å². The third-order valence-electron chi connectivity index (χ3n) is 3.75. The summed E-state index contributed by atoms with van der Waals surface area (Å²) in [6.07, 6.45) is 2.12. The largest absolute Gasteiger partial charge is 0.480 e. The van der Waals surface area contributed by atoms with Crippen LogP contribution in [0.25, 0.3) is 0 Å². The highest BCUT2D eigenvalue weighted by Gasteiger charge is 2.27. The van der Waals surface area contributed by atoms with E-state index in [1.54, 1.807) is 0 Å². The van der Waals surface area contributed by atoms with Crippen LogP contribution in [0.1, 0.15) is 37.0 Å². The molecule has 0 bridgehead atoms. The lowest BCUT2D eigenvalue weighted by Gasteiger charge is -2.18. The van der Waals surface area contributed by atoms with Crippen molar-refractivity contribution in [1.82, 2.24) is 15.6 Å². The molecule has 3 amide bonds. The second-order valence-electron chi connectivity index (χ2n) is 6.07. The molecule has 0 radical (unpaired) electrons. The fraction of sp³-hybridized carbons (Fsp3) is 0.412. The minimum atomic E-state index is -1.46. The maximum atomic E-state index is 12.2. The molecule has 0 aromatic carbocycles. The van der Waals surface area contributed by atoms with E-state index in [1.165, 1.54) is 38.4 Å². The normalized spacial score (nSPS) is 13.7. The number of nitrogens with two attached hydrogens (primary N) is 1. The molecule has 1 aromatic rings. The fourth-order valence-electron chi connectivity index (χ4n) is 2.15. The molecule has 1 heterocycles. The number of primary amides is 1. The highest BCUT2D eigenvalue weighted by Crippen LogP contribution is 2.07. The van der Waals surface area contributed by atoms with Gasteiger partial charge in [-0.15, -0.1) is 0 Å². The number of amides is 3. The van der Waals surface area contributed by atoms with Gasteiger partial charge in [-0.1, -0.05) is 6.92 Å². The van der Waals surface area contributed by atoms with Crippen molar-refractivity contribution in [2.24, 2.45) is 11.7 Å². The second kappa shape index (κ2) is 10.00. The number of aliphatic carboxylic acids is 1. The number of ketones is 1. The molecular weight excluding hydrogens is 356 g/mol. The fourth-order valence-corrected chi connectivity index (χ4v) is 2.15. The Bertz CT molecular complexity index is 721. The summed E-state index contributed by atoms with van der Waals surface area (Å²) in [6, 6.07) is 0.680. The molecule has 0 saturated heterocycles. The lowest BCUT2D eigenvalue weighted by Crippen LogP contribution is -2.46. The van der Waals surface area contributed by atoms with Gasteiger partial charge in [0.05, 0.1) is 12.5 Å². The maximum Gasteiger partial charge on any atom is 0.326 e. The number of carboxylic acids is 1. The molecule has 3 atom stereocenters. The number of carbonyl (C=O) groups excluding carboxylic acids is 4. The number of Topliss-reactive ketones (excluding diaryl/α,β-unsaturated/α-hetero) is 1. The maximum absolute atomic E-state index is 12.2. The van der Waals surface area contributed by atoms with E-state index in [-0.39, 0.29) is 6.42 Å². The molecule has 0 saturated carbocycles. The van der Waals surface area contributed by atoms with Crippen molar-refractivity contribution in [1.29, 1.82) is 0 Å². The van der Waals surface area contributed by atoms with Crippen LogP contribution >= 0.6 is 0 Å². The Kier molecular flexibility index (Phi) is 8.05. The van der Waals surface area contributed by atoms with Crippen molar-refractivity contribution in [3.63, 3.8) is 0 Å². The van der Waals surface area contributed by atoms with E-state index < -0.39 is 53.9 Å². The van der Waals surface area contributed by atoms with Gasteiger partial charge in [0.15, 0.2) is 5.78 Å². The summed E-state index contributed by atoms with van der Waals surface area (Å²) < 4.78 is 0. The number of carboxylic acid groups (broad SMARTS) is 1. The number of hydrogen-bond acceptors (Lipinski definition) is 6. The van der Waals surface area contributed by atoms with Gasteiger partial charge in [0.25, 0.3) is 5.91 Å². The van der Waals surface area contributed by atoms with Crippen molar-refractivity contribution in [3.05, 3.63) is 30.1 Å². The highest BCUT2D eigenvalue weighted by atomic mass is 16.4. The van der Waals surface area contributed by atoms with Crippen LogP contribution in [0.5, 0.6) is 0 Å². The molecule has 0 spiro atoms. The molecule has 5 N–H and O–H groups in total. The molecule has 1 rings (SSSR count). The number of carbonyl (C=O) groups is 5. The Labute approximate surface area is 155 Å². The van der Waals surface area contributed by atoms with Gasteiger partial charge in [-0.25, -0.2) is 4.79 Å². The zero-order valence-electron chi connectivity index (χ0n) is 15.0. The molecule has 0 aliphatic heterocycles. The molecule has 0 fully saturated rings. The average Bonchev–Trinajstić information content (AvgIpc) is 2.60. The first-order chi connectivity index (χ1) is 12.6. The van der Waals surface area contributed by atoms with Crippen LogP contribution in [0, 0.1) is 5.92 Å². The van der Waals surface area contributed by atoms with Gasteiger partial charge in [-0.2, -0.15) is 0 Å². The molecule has 10 nitrogen and oxygen atoms in total. The predicted octanol–water partition coefficient (Wildman–Crippen LogP) is -0.760. The van der Waals surface area contributed by atoms with Crippen molar-refractivity contribution < 1.29 is 29.1 Å². The van der Waals surface area contributed by atoms with Gasteiger partial charge in [0.2, 0.25) is 11.8 Å². The van der Waals surface area contributed by atoms with Crippen LogP contribution in [0.15, 0.2) is 24.5 Å². The standard InChI is InChI=1S/C17H22N4O6/c1-9(15(24)21-12(17(26)27)8-14(18)23)7-13(22)10(2)20-16(25)11-3-5-19-6-4-11/h3-6,9-10,12H,7-8H2,1-2H3,(H2,18,23)(H,20,25)(H,21,24)(H,26,27)/t9-,10+,12+/m1/s1. The monoisotopic (exact) mass is 378 g/mol. The number of nitrogens with zero attached hydrogens (tertiary/aromatic N) is 1. The topological polar surface area (TPSA) is 169 Å². The van der Waals surface area contributed by atoms with E-state index in [4.69, 9.17) is 10.8 Å². The van der Waals surface area contributed by atoms with E-state index in [1.807, 2.05) is 0 Å². The van der Waals surface area contributed by atoms with Crippen LogP contribution in [0.2, 0.25) is 0 Å². The number of pyridine rings is 1. The molecule has 1 aromatic heterocycles. The van der Waals surface area contributed by atoms with Crippen LogP contribution < -0.4 is 16.4 Å². The van der Waals surface area contributed by atoms with E-state index in [9.17, 15) is 24.0 Å². The summed E-state index contributed by atoms with van der Waals surface area (Å²) >= 11 is 0. The Morgan fingerprint density at radius 1 is 1.07 bits per heavy atom. The summed E-state index contributed by atoms with van der Waals surface area (Å²) in [7, 11) is 0. The molecule has 10 heteroatoms. The Morgan fingerprint density at radius 3 is 2.19 bits per heavy atom. The average molecular weight is 378 g/mol. The first kappa shape index (κ1) is 21.7. The summed E-state index contributed by atoms with van der Waals surface area (Å²) in [5, 5.41) is 13.7. The van der Waals surface area contributed by atoms with Crippen molar-refractivity contribution >= 4 is 29.5 Å². The molecule has 146 valence electrons. The molecule has 0 unspecified atom stereocenters. The minimum Gasteiger partial charge on any atom is -0.480 e. The SMILES string of the molecule is C[C@H](CC(=O)[C@H](C)NC(=O)c1ccncc1)C(=O)N[C@@H](CC(N)=O)C(=O)O. The van der Waals surface area contributed by atoms with Gasteiger partial charge in [-0.3, -0.25) is 24.2 Å². The Morgan fingerprint density at radius 2 is 1.67 bits per heavy atom. The van der Waals surface area contributed by atoms with Crippen LogP contribution in [-0.2, 0) is 19.2 Å². The Hall–Kier alpha value is -3.30. The summed E-state index contributed by atoms with van der Waals surface area (Å²) in [5.41, 5.74) is 5.29. The van der Waals surface area contributed by atoms with Crippen molar-refractivity contribution in [2.75, 3.05) is 0 Å².